The van der Waals surface area contributed by atoms with Crippen molar-refractivity contribution in [2.24, 2.45) is 0 Å². The van der Waals surface area contributed by atoms with Crippen molar-refractivity contribution >= 4 is 33.0 Å². The van der Waals surface area contributed by atoms with Gasteiger partial charge < -0.3 is 16.0 Å². The summed E-state index contributed by atoms with van der Waals surface area (Å²) in [6.45, 7) is 2.67. The van der Waals surface area contributed by atoms with E-state index in [4.69, 9.17) is 5.73 Å². The number of nitrogen functional groups attached to an aromatic ring is 1. The van der Waals surface area contributed by atoms with Crippen LogP contribution in [0.5, 0.6) is 0 Å². The fourth-order valence-corrected chi connectivity index (χ4v) is 2.78. The lowest BCUT2D eigenvalue weighted by Gasteiger charge is -2.19. The van der Waals surface area contributed by atoms with E-state index in [1.54, 1.807) is 0 Å². The number of amides is 1. The van der Waals surface area contributed by atoms with Gasteiger partial charge in [-0.15, -0.1) is 11.3 Å². The van der Waals surface area contributed by atoms with Gasteiger partial charge in [0.15, 0.2) is 0 Å². The van der Waals surface area contributed by atoms with Crippen molar-refractivity contribution in [1.82, 2.24) is 10.2 Å². The summed E-state index contributed by atoms with van der Waals surface area (Å²) in [5, 5.41) is 3.89. The molecule has 2 aromatic rings. The number of hydrogen-bond acceptors (Lipinski definition) is 4. The zero-order valence-electron chi connectivity index (χ0n) is 11.4. The van der Waals surface area contributed by atoms with Crippen molar-refractivity contribution in [3.63, 3.8) is 0 Å². The van der Waals surface area contributed by atoms with E-state index in [9.17, 15) is 4.79 Å². The second kappa shape index (κ2) is 5.59. The molecule has 1 heterocycles. The van der Waals surface area contributed by atoms with Crippen molar-refractivity contribution in [2.45, 2.75) is 13.0 Å². The molecule has 0 aliphatic carbocycles. The molecule has 1 unspecified atom stereocenters. The Morgan fingerprint density at radius 2 is 2.11 bits per heavy atom. The molecule has 1 amide bonds. The van der Waals surface area contributed by atoms with Crippen LogP contribution in [0, 0.1) is 0 Å². The van der Waals surface area contributed by atoms with Crippen LogP contribution in [-0.2, 0) is 0 Å². The minimum absolute atomic E-state index is 0.0904. The normalized spacial score (nSPS) is 12.8. The smallest absolute Gasteiger partial charge is 0.263 e. The van der Waals surface area contributed by atoms with Gasteiger partial charge in [0, 0.05) is 22.7 Å². The first-order valence-corrected chi connectivity index (χ1v) is 7.04. The molecule has 0 saturated carbocycles. The Balaban J connectivity index is 2.16. The van der Waals surface area contributed by atoms with Crippen molar-refractivity contribution < 1.29 is 4.79 Å². The summed E-state index contributed by atoms with van der Waals surface area (Å²) in [4.78, 5) is 14.8. The molecular weight excluding hydrogens is 258 g/mol. The highest BCUT2D eigenvalue weighted by Gasteiger charge is 2.16. The Morgan fingerprint density at radius 3 is 2.74 bits per heavy atom. The fraction of sp³-hybridized carbons (Fsp3) is 0.357. The lowest BCUT2D eigenvalue weighted by Crippen LogP contribution is -2.38. The summed E-state index contributed by atoms with van der Waals surface area (Å²) in [7, 11) is 3.98. The highest BCUT2D eigenvalue weighted by Crippen LogP contribution is 2.33. The summed E-state index contributed by atoms with van der Waals surface area (Å²) in [5.74, 6) is -0.0904. The van der Waals surface area contributed by atoms with Crippen LogP contribution >= 0.6 is 11.3 Å². The number of thiophene rings is 1. The Morgan fingerprint density at radius 1 is 1.42 bits per heavy atom. The van der Waals surface area contributed by atoms with E-state index in [1.165, 1.54) is 11.3 Å². The van der Waals surface area contributed by atoms with E-state index in [1.807, 2.05) is 38.4 Å². The van der Waals surface area contributed by atoms with E-state index < -0.39 is 0 Å². The third-order valence-corrected chi connectivity index (χ3v) is 4.47. The van der Waals surface area contributed by atoms with E-state index in [0.29, 0.717) is 23.2 Å². The third-order valence-electron chi connectivity index (χ3n) is 3.28. The first-order chi connectivity index (χ1) is 9.00. The first-order valence-electron chi connectivity index (χ1n) is 6.22. The molecule has 102 valence electrons. The van der Waals surface area contributed by atoms with Gasteiger partial charge in [-0.25, -0.2) is 0 Å². The van der Waals surface area contributed by atoms with Gasteiger partial charge in [0.2, 0.25) is 0 Å². The molecule has 19 heavy (non-hydrogen) atoms. The predicted molar refractivity (Wildman–Crippen MR) is 81.7 cm³/mol. The third kappa shape index (κ3) is 2.88. The molecule has 2 rings (SSSR count). The van der Waals surface area contributed by atoms with E-state index in [0.717, 1.165) is 10.1 Å². The maximum Gasteiger partial charge on any atom is 0.263 e. The van der Waals surface area contributed by atoms with Crippen molar-refractivity contribution in [3.05, 3.63) is 29.1 Å². The number of fused-ring (bicyclic) bond motifs is 1. The number of likely N-dealkylation sites (N-methyl/N-ethyl adjacent to an activating group) is 1. The molecule has 0 aliphatic heterocycles. The lowest BCUT2D eigenvalue weighted by atomic mass is 10.2. The predicted octanol–water partition coefficient (Wildman–Crippen LogP) is 2.16. The molecule has 1 aromatic carbocycles. The highest BCUT2D eigenvalue weighted by molar-refractivity contribution is 7.21. The topological polar surface area (TPSA) is 58.4 Å². The lowest BCUT2D eigenvalue weighted by molar-refractivity contribution is 0.0948. The van der Waals surface area contributed by atoms with Crippen molar-refractivity contribution in [3.8, 4) is 0 Å². The summed E-state index contributed by atoms with van der Waals surface area (Å²) in [5.41, 5.74) is 6.62. The van der Waals surface area contributed by atoms with Crippen LogP contribution in [0.3, 0.4) is 0 Å². The average Bonchev–Trinajstić information content (AvgIpc) is 2.73. The maximum absolute atomic E-state index is 12.2. The van der Waals surface area contributed by atoms with E-state index in [2.05, 4.69) is 17.1 Å². The Bertz CT molecular complexity index is 591. The van der Waals surface area contributed by atoms with Crippen LogP contribution in [0.25, 0.3) is 10.1 Å². The highest BCUT2D eigenvalue weighted by atomic mass is 32.1. The van der Waals surface area contributed by atoms with Gasteiger partial charge in [0.05, 0.1) is 5.69 Å². The molecule has 1 aromatic heterocycles. The standard InChI is InChI=1S/C14H19N3OS/c1-9(17(2)3)8-16-14(18)13-12(15)10-6-4-5-7-11(10)19-13/h4-7,9H,8,15H2,1-3H3,(H,16,18). The molecule has 4 nitrogen and oxygen atoms in total. The van der Waals surface area contributed by atoms with Gasteiger partial charge in [-0.2, -0.15) is 0 Å². The number of anilines is 1. The number of nitrogens with two attached hydrogens (primary N) is 1. The van der Waals surface area contributed by atoms with Crippen molar-refractivity contribution in [2.75, 3.05) is 26.4 Å². The molecule has 1 atom stereocenters. The average molecular weight is 277 g/mol. The van der Waals surface area contributed by atoms with Gasteiger partial charge in [0.1, 0.15) is 4.88 Å². The summed E-state index contributed by atoms with van der Waals surface area (Å²) in [6, 6.07) is 8.10. The largest absolute Gasteiger partial charge is 0.397 e. The van der Waals surface area contributed by atoms with Crippen LogP contribution < -0.4 is 11.1 Å². The second-order valence-corrected chi connectivity index (χ2v) is 5.92. The van der Waals surface area contributed by atoms with Crippen LogP contribution in [0.15, 0.2) is 24.3 Å². The van der Waals surface area contributed by atoms with Gasteiger partial charge in [-0.1, -0.05) is 18.2 Å². The number of hydrogen-bond donors (Lipinski definition) is 2. The molecule has 0 saturated heterocycles. The molecular formula is C14H19N3OS. The molecule has 0 bridgehead atoms. The van der Waals surface area contributed by atoms with Gasteiger partial charge in [-0.05, 0) is 27.1 Å². The Labute approximate surface area is 117 Å². The second-order valence-electron chi connectivity index (χ2n) is 4.86. The van der Waals surface area contributed by atoms with Crippen LogP contribution in [-0.4, -0.2) is 37.5 Å². The fourth-order valence-electron chi connectivity index (χ4n) is 1.74. The summed E-state index contributed by atoms with van der Waals surface area (Å²) < 4.78 is 1.05. The molecule has 0 spiro atoms. The molecule has 5 heteroatoms. The van der Waals surface area contributed by atoms with E-state index in [-0.39, 0.29) is 5.91 Å². The summed E-state index contributed by atoms with van der Waals surface area (Å²) >= 11 is 1.44. The van der Waals surface area contributed by atoms with Crippen LogP contribution in [0.1, 0.15) is 16.6 Å². The minimum atomic E-state index is -0.0904. The van der Waals surface area contributed by atoms with Crippen LogP contribution in [0.2, 0.25) is 0 Å². The number of benzene rings is 1. The van der Waals surface area contributed by atoms with Crippen molar-refractivity contribution in [1.29, 1.82) is 0 Å². The number of carbonyl (C=O) groups is 1. The van der Waals surface area contributed by atoms with Crippen LogP contribution in [0.4, 0.5) is 5.69 Å². The monoisotopic (exact) mass is 277 g/mol. The Hall–Kier alpha value is -1.59. The zero-order chi connectivity index (χ0) is 14.0. The number of nitrogens with zero attached hydrogens (tertiary/aromatic N) is 1. The molecule has 0 aliphatic rings. The molecule has 0 radical (unpaired) electrons. The maximum atomic E-state index is 12.2. The minimum Gasteiger partial charge on any atom is -0.397 e. The van der Waals surface area contributed by atoms with E-state index >= 15 is 0 Å². The number of nitrogens with one attached hydrogen (secondary N) is 1. The summed E-state index contributed by atoms with van der Waals surface area (Å²) in [6.07, 6.45) is 0. The molecule has 3 N–H and O–H groups in total. The molecule has 0 fully saturated rings. The van der Waals surface area contributed by atoms with Gasteiger partial charge in [-0.3, -0.25) is 4.79 Å². The zero-order valence-corrected chi connectivity index (χ0v) is 12.3. The first kappa shape index (κ1) is 13.8. The van der Waals surface area contributed by atoms with Gasteiger partial charge >= 0.3 is 0 Å². The SMILES string of the molecule is CC(CNC(=O)c1sc2ccccc2c1N)N(C)C. The quantitative estimate of drug-likeness (QED) is 0.900. The van der Waals surface area contributed by atoms with Gasteiger partial charge in [0.25, 0.3) is 5.91 Å². The Kier molecular flexibility index (Phi) is 4.07. The number of rotatable bonds is 4. The number of carbonyl (C=O) groups excluding carboxylic acids is 1.